The number of nitrogens with zero attached hydrogens (tertiary/aromatic N) is 2. The SMILES string of the molecule is O=C(O)N1CCC(N2CCCCCC2)CC1. The fraction of sp³-hybridized carbons (Fsp3) is 0.917. The van der Waals surface area contributed by atoms with Crippen molar-refractivity contribution in [3.05, 3.63) is 0 Å². The molecular weight excluding hydrogens is 204 g/mol. The lowest BCUT2D eigenvalue weighted by molar-refractivity contribution is 0.0964. The van der Waals surface area contributed by atoms with Crippen LogP contribution in [0.5, 0.6) is 0 Å². The standard InChI is InChI=1S/C12H22N2O2/c15-12(16)14-9-5-11(6-10-14)13-7-3-1-2-4-8-13/h11H,1-10H2,(H,15,16). The van der Waals surface area contributed by atoms with Gasteiger partial charge in [0.25, 0.3) is 0 Å². The van der Waals surface area contributed by atoms with Crippen molar-refractivity contribution in [3.63, 3.8) is 0 Å². The van der Waals surface area contributed by atoms with Crippen LogP contribution in [-0.4, -0.2) is 53.2 Å². The van der Waals surface area contributed by atoms with E-state index >= 15 is 0 Å². The summed E-state index contributed by atoms with van der Waals surface area (Å²) in [6.45, 7) is 3.88. The van der Waals surface area contributed by atoms with E-state index in [0.29, 0.717) is 6.04 Å². The third-order valence-electron chi connectivity index (χ3n) is 3.89. The maximum absolute atomic E-state index is 10.8. The van der Waals surface area contributed by atoms with Gasteiger partial charge in [-0.25, -0.2) is 4.79 Å². The molecular formula is C12H22N2O2. The molecule has 16 heavy (non-hydrogen) atoms. The van der Waals surface area contributed by atoms with Gasteiger partial charge in [-0.3, -0.25) is 0 Å². The molecule has 2 heterocycles. The Labute approximate surface area is 97.2 Å². The quantitative estimate of drug-likeness (QED) is 0.743. The highest BCUT2D eigenvalue weighted by atomic mass is 16.4. The molecule has 0 bridgehead atoms. The lowest BCUT2D eigenvalue weighted by Gasteiger charge is -2.37. The Morgan fingerprint density at radius 1 is 0.938 bits per heavy atom. The monoisotopic (exact) mass is 226 g/mol. The highest BCUT2D eigenvalue weighted by Gasteiger charge is 2.26. The van der Waals surface area contributed by atoms with Crippen LogP contribution in [0.3, 0.4) is 0 Å². The third-order valence-corrected chi connectivity index (χ3v) is 3.89. The Morgan fingerprint density at radius 2 is 1.50 bits per heavy atom. The van der Waals surface area contributed by atoms with Gasteiger partial charge in [0.15, 0.2) is 0 Å². The highest BCUT2D eigenvalue weighted by molar-refractivity contribution is 5.65. The van der Waals surface area contributed by atoms with Crippen molar-refractivity contribution >= 4 is 6.09 Å². The van der Waals surface area contributed by atoms with Crippen molar-refractivity contribution in [2.75, 3.05) is 26.2 Å². The van der Waals surface area contributed by atoms with Crippen LogP contribution in [0.15, 0.2) is 0 Å². The minimum absolute atomic E-state index is 0.633. The molecule has 2 aliphatic heterocycles. The van der Waals surface area contributed by atoms with Gasteiger partial charge in [0.05, 0.1) is 0 Å². The zero-order chi connectivity index (χ0) is 11.4. The predicted octanol–water partition coefficient (Wildman–Crippen LogP) is 2.00. The molecule has 4 heteroatoms. The maximum atomic E-state index is 10.8. The Hall–Kier alpha value is -0.770. The van der Waals surface area contributed by atoms with Crippen LogP contribution >= 0.6 is 0 Å². The molecule has 0 aromatic rings. The fourth-order valence-electron chi connectivity index (χ4n) is 2.88. The molecule has 2 rings (SSSR count). The molecule has 4 nitrogen and oxygen atoms in total. The number of hydrogen-bond donors (Lipinski definition) is 1. The molecule has 2 aliphatic rings. The summed E-state index contributed by atoms with van der Waals surface area (Å²) in [4.78, 5) is 14.9. The first kappa shape index (κ1) is 11.7. The Kier molecular flexibility index (Phi) is 4.04. The van der Waals surface area contributed by atoms with Crippen molar-refractivity contribution in [1.82, 2.24) is 9.80 Å². The van der Waals surface area contributed by atoms with Crippen LogP contribution in [0.2, 0.25) is 0 Å². The summed E-state index contributed by atoms with van der Waals surface area (Å²) < 4.78 is 0. The number of hydrogen-bond acceptors (Lipinski definition) is 2. The van der Waals surface area contributed by atoms with Crippen LogP contribution in [0.1, 0.15) is 38.5 Å². The van der Waals surface area contributed by atoms with Crippen molar-refractivity contribution in [1.29, 1.82) is 0 Å². The number of likely N-dealkylation sites (tertiary alicyclic amines) is 2. The molecule has 1 amide bonds. The summed E-state index contributed by atoms with van der Waals surface area (Å²) >= 11 is 0. The second kappa shape index (κ2) is 5.53. The number of carboxylic acid groups (broad SMARTS) is 1. The second-order valence-corrected chi connectivity index (χ2v) is 4.95. The molecule has 2 fully saturated rings. The van der Waals surface area contributed by atoms with E-state index in [0.717, 1.165) is 25.9 Å². The normalized spacial score (nSPS) is 25.4. The minimum atomic E-state index is -0.755. The van der Waals surface area contributed by atoms with E-state index in [4.69, 9.17) is 5.11 Å². The van der Waals surface area contributed by atoms with E-state index in [1.807, 2.05) is 0 Å². The van der Waals surface area contributed by atoms with Crippen LogP contribution in [-0.2, 0) is 0 Å². The summed E-state index contributed by atoms with van der Waals surface area (Å²) in [6.07, 6.45) is 6.65. The van der Waals surface area contributed by atoms with Gasteiger partial charge in [-0.15, -0.1) is 0 Å². The summed E-state index contributed by atoms with van der Waals surface area (Å²) in [5.74, 6) is 0. The molecule has 92 valence electrons. The third kappa shape index (κ3) is 2.88. The molecule has 0 aliphatic carbocycles. The van der Waals surface area contributed by atoms with Crippen molar-refractivity contribution in [2.45, 2.75) is 44.6 Å². The molecule has 0 aromatic heterocycles. The first-order valence-corrected chi connectivity index (χ1v) is 6.49. The largest absolute Gasteiger partial charge is 0.465 e. The average Bonchev–Trinajstić information content (AvgIpc) is 2.57. The van der Waals surface area contributed by atoms with Gasteiger partial charge >= 0.3 is 6.09 Å². The van der Waals surface area contributed by atoms with Crippen molar-refractivity contribution < 1.29 is 9.90 Å². The summed E-state index contributed by atoms with van der Waals surface area (Å²) in [6, 6.07) is 0.633. The highest BCUT2D eigenvalue weighted by Crippen LogP contribution is 2.20. The second-order valence-electron chi connectivity index (χ2n) is 4.95. The zero-order valence-corrected chi connectivity index (χ0v) is 9.90. The van der Waals surface area contributed by atoms with Gasteiger partial charge in [-0.1, -0.05) is 12.8 Å². The predicted molar refractivity (Wildman–Crippen MR) is 62.7 cm³/mol. The fourth-order valence-corrected chi connectivity index (χ4v) is 2.88. The Bertz CT molecular complexity index is 229. The Morgan fingerprint density at radius 3 is 2.00 bits per heavy atom. The van der Waals surface area contributed by atoms with Crippen molar-refractivity contribution in [3.8, 4) is 0 Å². The van der Waals surface area contributed by atoms with Crippen LogP contribution < -0.4 is 0 Å². The van der Waals surface area contributed by atoms with Gasteiger partial charge in [0.2, 0.25) is 0 Å². The van der Waals surface area contributed by atoms with E-state index in [1.165, 1.54) is 38.8 Å². The average molecular weight is 226 g/mol. The molecule has 0 aromatic carbocycles. The van der Waals surface area contributed by atoms with Gasteiger partial charge in [0.1, 0.15) is 0 Å². The topological polar surface area (TPSA) is 43.8 Å². The number of amides is 1. The molecule has 1 N–H and O–H groups in total. The summed E-state index contributed by atoms with van der Waals surface area (Å²) in [5.41, 5.74) is 0. The summed E-state index contributed by atoms with van der Waals surface area (Å²) in [7, 11) is 0. The molecule has 0 radical (unpaired) electrons. The van der Waals surface area contributed by atoms with Crippen molar-refractivity contribution in [2.24, 2.45) is 0 Å². The number of rotatable bonds is 1. The maximum Gasteiger partial charge on any atom is 0.407 e. The summed E-state index contributed by atoms with van der Waals surface area (Å²) in [5, 5.41) is 8.89. The lowest BCUT2D eigenvalue weighted by atomic mass is 10.0. The first-order valence-electron chi connectivity index (χ1n) is 6.49. The van der Waals surface area contributed by atoms with Gasteiger partial charge in [0, 0.05) is 19.1 Å². The Balaban J connectivity index is 1.81. The smallest absolute Gasteiger partial charge is 0.407 e. The van der Waals surface area contributed by atoms with E-state index in [1.54, 1.807) is 4.90 Å². The van der Waals surface area contributed by atoms with E-state index in [-0.39, 0.29) is 0 Å². The molecule has 0 atom stereocenters. The zero-order valence-electron chi connectivity index (χ0n) is 9.90. The van der Waals surface area contributed by atoms with Gasteiger partial charge < -0.3 is 14.9 Å². The van der Waals surface area contributed by atoms with Gasteiger partial charge in [-0.05, 0) is 38.8 Å². The molecule has 2 saturated heterocycles. The molecule has 0 unspecified atom stereocenters. The first-order chi connectivity index (χ1) is 7.77. The lowest BCUT2D eigenvalue weighted by Crippen LogP contribution is -2.46. The van der Waals surface area contributed by atoms with Crippen LogP contribution in [0, 0.1) is 0 Å². The number of carbonyl (C=O) groups is 1. The molecule has 0 spiro atoms. The van der Waals surface area contributed by atoms with E-state index < -0.39 is 6.09 Å². The van der Waals surface area contributed by atoms with Gasteiger partial charge in [-0.2, -0.15) is 0 Å². The van der Waals surface area contributed by atoms with Crippen LogP contribution in [0.4, 0.5) is 4.79 Å². The minimum Gasteiger partial charge on any atom is -0.465 e. The number of piperidine rings is 1. The van der Waals surface area contributed by atoms with E-state index in [9.17, 15) is 4.79 Å². The molecule has 0 saturated carbocycles. The van der Waals surface area contributed by atoms with E-state index in [2.05, 4.69) is 4.90 Å². The van der Waals surface area contributed by atoms with Crippen LogP contribution in [0.25, 0.3) is 0 Å².